The Bertz CT molecular complexity index is 250. The van der Waals surface area contributed by atoms with Crippen LogP contribution in [0, 0.1) is 5.41 Å². The Balaban J connectivity index is 2.06. The fourth-order valence-corrected chi connectivity index (χ4v) is 2.63. The van der Waals surface area contributed by atoms with Gasteiger partial charge in [0.05, 0.1) is 13.2 Å². The van der Waals surface area contributed by atoms with E-state index in [2.05, 4.69) is 17.5 Å². The van der Waals surface area contributed by atoms with Crippen LogP contribution < -0.4 is 0 Å². The predicted molar refractivity (Wildman–Crippen MR) is 53.0 cm³/mol. The molecule has 1 aliphatic rings. The Morgan fingerprint density at radius 1 is 1.62 bits per heavy atom. The molecule has 1 aromatic heterocycles. The summed E-state index contributed by atoms with van der Waals surface area (Å²) >= 11 is 1.76. The van der Waals surface area contributed by atoms with Crippen molar-refractivity contribution >= 4 is 11.3 Å². The highest BCUT2D eigenvalue weighted by atomic mass is 32.1. The molecule has 0 spiro atoms. The molecule has 1 aliphatic heterocycles. The molecule has 1 fully saturated rings. The highest BCUT2D eigenvalue weighted by molar-refractivity contribution is 7.09. The van der Waals surface area contributed by atoms with E-state index in [-0.39, 0.29) is 12.0 Å². The number of ether oxygens (including phenoxy) is 1. The van der Waals surface area contributed by atoms with Crippen molar-refractivity contribution in [1.29, 1.82) is 0 Å². The number of hydrogen-bond acceptors (Lipinski definition) is 3. The van der Waals surface area contributed by atoms with Gasteiger partial charge in [0.15, 0.2) is 0 Å². The summed E-state index contributed by atoms with van der Waals surface area (Å²) in [5, 5.41) is 11.4. The van der Waals surface area contributed by atoms with Crippen molar-refractivity contribution in [3.63, 3.8) is 0 Å². The smallest absolute Gasteiger partial charge is 0.0548 e. The maximum Gasteiger partial charge on any atom is 0.0548 e. The molecule has 0 bridgehead atoms. The third-order valence-electron chi connectivity index (χ3n) is 2.65. The number of hydrogen-bond donors (Lipinski definition) is 1. The number of thiophene rings is 1. The fourth-order valence-electron chi connectivity index (χ4n) is 1.75. The molecule has 3 heteroatoms. The maximum atomic E-state index is 9.34. The van der Waals surface area contributed by atoms with E-state index in [0.717, 1.165) is 19.4 Å². The summed E-state index contributed by atoms with van der Waals surface area (Å²) in [5.74, 6) is 0. The lowest BCUT2D eigenvalue weighted by Crippen LogP contribution is -2.28. The highest BCUT2D eigenvalue weighted by Gasteiger charge is 2.34. The van der Waals surface area contributed by atoms with Crippen LogP contribution in [0.4, 0.5) is 0 Å². The lowest BCUT2D eigenvalue weighted by atomic mass is 9.84. The molecule has 2 rings (SSSR count). The van der Waals surface area contributed by atoms with Gasteiger partial charge in [0, 0.05) is 16.9 Å². The predicted octanol–water partition coefficient (Wildman–Crippen LogP) is 1.69. The minimum absolute atomic E-state index is 0.00481. The highest BCUT2D eigenvalue weighted by Crippen LogP contribution is 2.33. The molecule has 1 unspecified atom stereocenters. The molecule has 0 amide bonds. The fraction of sp³-hybridized carbons (Fsp3) is 0.600. The Morgan fingerprint density at radius 2 is 2.54 bits per heavy atom. The van der Waals surface area contributed by atoms with Crippen LogP contribution in [0.2, 0.25) is 0 Å². The lowest BCUT2D eigenvalue weighted by Gasteiger charge is -2.23. The first-order chi connectivity index (χ1) is 6.35. The topological polar surface area (TPSA) is 29.5 Å². The van der Waals surface area contributed by atoms with Crippen LogP contribution in [-0.2, 0) is 11.2 Å². The SMILES string of the molecule is OCC1(Cc2cccs2)CCOC1. The zero-order valence-corrected chi connectivity index (χ0v) is 8.35. The van der Waals surface area contributed by atoms with Crippen LogP contribution in [0.25, 0.3) is 0 Å². The number of rotatable bonds is 3. The van der Waals surface area contributed by atoms with Crippen LogP contribution in [0.3, 0.4) is 0 Å². The molecule has 1 saturated heterocycles. The Labute approximate surface area is 82.2 Å². The molecule has 2 heterocycles. The maximum absolute atomic E-state index is 9.34. The van der Waals surface area contributed by atoms with Gasteiger partial charge in [0.1, 0.15) is 0 Å². The largest absolute Gasteiger partial charge is 0.396 e. The molecule has 13 heavy (non-hydrogen) atoms. The summed E-state index contributed by atoms with van der Waals surface area (Å²) in [6.45, 7) is 1.75. The van der Waals surface area contributed by atoms with Gasteiger partial charge in [0.2, 0.25) is 0 Å². The van der Waals surface area contributed by atoms with Crippen LogP contribution in [0.15, 0.2) is 17.5 Å². The second-order valence-electron chi connectivity index (χ2n) is 3.72. The van der Waals surface area contributed by atoms with Gasteiger partial charge in [0.25, 0.3) is 0 Å². The molecule has 0 aromatic carbocycles. The first-order valence-electron chi connectivity index (χ1n) is 4.56. The summed E-state index contributed by atoms with van der Waals surface area (Å²) < 4.78 is 5.34. The van der Waals surface area contributed by atoms with E-state index in [9.17, 15) is 5.11 Å². The van der Waals surface area contributed by atoms with Crippen LogP contribution >= 0.6 is 11.3 Å². The van der Waals surface area contributed by atoms with Crippen LogP contribution in [0.1, 0.15) is 11.3 Å². The number of aliphatic hydroxyl groups excluding tert-OH is 1. The second kappa shape index (κ2) is 3.78. The molecule has 0 radical (unpaired) electrons. The monoisotopic (exact) mass is 198 g/mol. The zero-order chi connectivity index (χ0) is 9.15. The van der Waals surface area contributed by atoms with Gasteiger partial charge < -0.3 is 9.84 Å². The van der Waals surface area contributed by atoms with Gasteiger partial charge in [-0.15, -0.1) is 11.3 Å². The van der Waals surface area contributed by atoms with Crippen LogP contribution in [-0.4, -0.2) is 24.9 Å². The summed E-state index contributed by atoms with van der Waals surface area (Å²) in [6, 6.07) is 4.18. The van der Waals surface area contributed by atoms with Gasteiger partial charge in [-0.1, -0.05) is 6.07 Å². The summed E-state index contributed by atoms with van der Waals surface area (Å²) in [4.78, 5) is 1.35. The standard InChI is InChI=1S/C10H14O2S/c11-7-10(3-4-12-8-10)6-9-2-1-5-13-9/h1-2,5,11H,3-4,6-8H2. The van der Waals surface area contributed by atoms with Crippen molar-refractivity contribution in [2.24, 2.45) is 5.41 Å². The molecular formula is C10H14O2S. The summed E-state index contributed by atoms with van der Waals surface area (Å²) in [7, 11) is 0. The first kappa shape index (κ1) is 9.19. The van der Waals surface area contributed by atoms with E-state index >= 15 is 0 Å². The van der Waals surface area contributed by atoms with Crippen molar-refractivity contribution < 1.29 is 9.84 Å². The average Bonchev–Trinajstić information content (AvgIpc) is 2.77. The first-order valence-corrected chi connectivity index (χ1v) is 5.44. The van der Waals surface area contributed by atoms with Crippen LogP contribution in [0.5, 0.6) is 0 Å². The molecule has 1 aromatic rings. The minimum atomic E-state index is 0.00481. The van der Waals surface area contributed by atoms with Crippen molar-refractivity contribution in [2.45, 2.75) is 12.8 Å². The van der Waals surface area contributed by atoms with E-state index in [1.54, 1.807) is 11.3 Å². The van der Waals surface area contributed by atoms with E-state index in [1.807, 2.05) is 0 Å². The van der Waals surface area contributed by atoms with E-state index in [4.69, 9.17) is 4.74 Å². The van der Waals surface area contributed by atoms with Crippen molar-refractivity contribution in [2.75, 3.05) is 19.8 Å². The third-order valence-corrected chi connectivity index (χ3v) is 3.53. The molecule has 1 atom stereocenters. The van der Waals surface area contributed by atoms with E-state index in [1.165, 1.54) is 4.88 Å². The second-order valence-corrected chi connectivity index (χ2v) is 4.75. The Kier molecular flexibility index (Phi) is 2.67. The number of aliphatic hydroxyl groups is 1. The Morgan fingerprint density at radius 3 is 3.08 bits per heavy atom. The van der Waals surface area contributed by atoms with Crippen molar-refractivity contribution in [3.8, 4) is 0 Å². The van der Waals surface area contributed by atoms with Gasteiger partial charge >= 0.3 is 0 Å². The van der Waals surface area contributed by atoms with Gasteiger partial charge in [-0.2, -0.15) is 0 Å². The van der Waals surface area contributed by atoms with Gasteiger partial charge in [-0.05, 0) is 24.3 Å². The van der Waals surface area contributed by atoms with Crippen molar-refractivity contribution in [3.05, 3.63) is 22.4 Å². The normalized spacial score (nSPS) is 28.1. The van der Waals surface area contributed by atoms with E-state index in [0.29, 0.717) is 6.61 Å². The molecule has 0 aliphatic carbocycles. The molecular weight excluding hydrogens is 184 g/mol. The third kappa shape index (κ3) is 1.93. The minimum Gasteiger partial charge on any atom is -0.396 e. The Hall–Kier alpha value is -0.380. The average molecular weight is 198 g/mol. The zero-order valence-electron chi connectivity index (χ0n) is 7.53. The van der Waals surface area contributed by atoms with Gasteiger partial charge in [-0.25, -0.2) is 0 Å². The molecule has 1 N–H and O–H groups in total. The lowest BCUT2D eigenvalue weighted by molar-refractivity contribution is 0.0941. The van der Waals surface area contributed by atoms with Gasteiger partial charge in [-0.3, -0.25) is 0 Å². The molecule has 0 saturated carbocycles. The molecule has 2 nitrogen and oxygen atoms in total. The molecule has 72 valence electrons. The quantitative estimate of drug-likeness (QED) is 0.801. The van der Waals surface area contributed by atoms with Crippen molar-refractivity contribution in [1.82, 2.24) is 0 Å². The summed E-state index contributed by atoms with van der Waals surface area (Å²) in [5.41, 5.74) is 0.00481. The summed E-state index contributed by atoms with van der Waals surface area (Å²) in [6.07, 6.45) is 1.95. The van der Waals surface area contributed by atoms with E-state index < -0.39 is 0 Å².